The number of carboxylic acid groups (broad SMARTS) is 1. The average Bonchev–Trinajstić information content (AvgIpc) is 3.37. The number of imidazole rings is 1. The van der Waals surface area contributed by atoms with Crippen LogP contribution >= 0.6 is 11.3 Å². The molecule has 0 aliphatic carbocycles. The number of fused-ring (bicyclic) bond motifs is 1. The van der Waals surface area contributed by atoms with Gasteiger partial charge in [-0.15, -0.1) is 11.3 Å². The lowest BCUT2D eigenvalue weighted by molar-refractivity contribution is -0.137. The minimum Gasteiger partial charge on any atom is -0.481 e. The van der Waals surface area contributed by atoms with E-state index in [0.717, 1.165) is 21.5 Å². The number of hydrogen-bond donors (Lipinski definition) is 2. The largest absolute Gasteiger partial charge is 0.481 e. The Hall–Kier alpha value is -3.45. The van der Waals surface area contributed by atoms with Gasteiger partial charge in [-0.05, 0) is 29.1 Å². The molecule has 0 spiro atoms. The fraction of sp³-hybridized carbons (Fsp3) is 0.174. The number of rotatable bonds is 8. The minimum absolute atomic E-state index is 0.0847. The number of para-hydroxylation sites is 2. The summed E-state index contributed by atoms with van der Waals surface area (Å²) in [5, 5.41) is 14.0. The summed E-state index contributed by atoms with van der Waals surface area (Å²) in [7, 11) is 0. The maximum absolute atomic E-state index is 12.8. The maximum atomic E-state index is 12.8. The highest BCUT2D eigenvalue weighted by Crippen LogP contribution is 2.28. The molecule has 2 aromatic carbocycles. The second kappa shape index (κ2) is 8.92. The normalized spacial score (nSPS) is 12.0. The zero-order chi connectivity index (χ0) is 20.9. The molecular weight excluding hydrogens is 398 g/mol. The smallest absolute Gasteiger partial charge is 0.304 e. The van der Waals surface area contributed by atoms with Gasteiger partial charge in [-0.3, -0.25) is 14.9 Å². The molecule has 152 valence electrons. The topological polar surface area (TPSA) is 84.2 Å². The summed E-state index contributed by atoms with van der Waals surface area (Å²) in [6.07, 6.45) is -0.00425. The van der Waals surface area contributed by atoms with Gasteiger partial charge in [0.25, 0.3) is 0 Å². The van der Waals surface area contributed by atoms with Crippen molar-refractivity contribution in [2.45, 2.75) is 25.3 Å². The number of aromatic nitrogens is 2. The van der Waals surface area contributed by atoms with Gasteiger partial charge in [-0.2, -0.15) is 0 Å². The maximum Gasteiger partial charge on any atom is 0.304 e. The molecule has 2 aromatic heterocycles. The second-order valence-electron chi connectivity index (χ2n) is 7.06. The molecule has 7 heteroatoms. The first-order valence-electron chi connectivity index (χ1n) is 9.64. The Morgan fingerprint density at radius 2 is 1.77 bits per heavy atom. The zero-order valence-corrected chi connectivity index (χ0v) is 17.0. The molecule has 0 radical (unpaired) electrons. The summed E-state index contributed by atoms with van der Waals surface area (Å²) in [5.41, 5.74) is 2.82. The van der Waals surface area contributed by atoms with Crippen molar-refractivity contribution < 1.29 is 14.7 Å². The van der Waals surface area contributed by atoms with Crippen LogP contribution in [0.3, 0.4) is 0 Å². The number of aliphatic carboxylic acids is 1. The predicted molar refractivity (Wildman–Crippen MR) is 118 cm³/mol. The van der Waals surface area contributed by atoms with Gasteiger partial charge in [0, 0.05) is 17.2 Å². The molecule has 0 fully saturated rings. The first-order chi connectivity index (χ1) is 14.6. The van der Waals surface area contributed by atoms with Crippen molar-refractivity contribution in [2.24, 2.45) is 0 Å². The molecule has 6 nitrogen and oxygen atoms in total. The van der Waals surface area contributed by atoms with Gasteiger partial charge in [0.05, 0.1) is 24.0 Å². The van der Waals surface area contributed by atoms with Gasteiger partial charge in [0.1, 0.15) is 0 Å². The van der Waals surface area contributed by atoms with Gasteiger partial charge in [0.2, 0.25) is 11.9 Å². The van der Waals surface area contributed by atoms with Crippen molar-refractivity contribution in [3.63, 3.8) is 0 Å². The van der Waals surface area contributed by atoms with E-state index in [-0.39, 0.29) is 24.7 Å². The third-order valence-corrected chi connectivity index (χ3v) is 5.92. The fourth-order valence-electron chi connectivity index (χ4n) is 3.50. The zero-order valence-electron chi connectivity index (χ0n) is 16.2. The van der Waals surface area contributed by atoms with Crippen LogP contribution in [-0.2, 0) is 16.1 Å². The van der Waals surface area contributed by atoms with Crippen molar-refractivity contribution in [1.29, 1.82) is 0 Å². The van der Waals surface area contributed by atoms with E-state index >= 15 is 0 Å². The number of nitrogens with zero attached hydrogens (tertiary/aromatic N) is 2. The Labute approximate surface area is 177 Å². The summed E-state index contributed by atoms with van der Waals surface area (Å²) in [6.45, 7) is 0.570. The molecule has 0 aliphatic heterocycles. The predicted octanol–water partition coefficient (Wildman–Crippen LogP) is 4.73. The van der Waals surface area contributed by atoms with Crippen molar-refractivity contribution in [1.82, 2.24) is 9.55 Å². The van der Waals surface area contributed by atoms with Gasteiger partial charge >= 0.3 is 5.97 Å². The quantitative estimate of drug-likeness (QED) is 0.432. The molecule has 1 amide bonds. The average molecular weight is 420 g/mol. The van der Waals surface area contributed by atoms with Crippen LogP contribution in [0.25, 0.3) is 11.0 Å². The van der Waals surface area contributed by atoms with Gasteiger partial charge in [0.15, 0.2) is 0 Å². The lowest BCUT2D eigenvalue weighted by Crippen LogP contribution is -2.19. The molecule has 1 atom stereocenters. The van der Waals surface area contributed by atoms with Crippen LogP contribution in [0.1, 0.15) is 29.2 Å². The SMILES string of the molecule is O=C(O)CC(CC(=O)Nc1nc2ccccc2n1Cc1ccccc1)c1cccs1. The Morgan fingerprint density at radius 3 is 2.50 bits per heavy atom. The molecule has 0 bridgehead atoms. The first kappa shape index (κ1) is 19.8. The number of carbonyl (C=O) groups excluding carboxylic acids is 1. The van der Waals surface area contributed by atoms with Crippen LogP contribution in [0.5, 0.6) is 0 Å². The first-order valence-corrected chi connectivity index (χ1v) is 10.5. The molecule has 0 saturated heterocycles. The number of hydrogen-bond acceptors (Lipinski definition) is 4. The summed E-state index contributed by atoms with van der Waals surface area (Å²) in [4.78, 5) is 29.6. The van der Waals surface area contributed by atoms with Crippen LogP contribution in [0.4, 0.5) is 5.95 Å². The van der Waals surface area contributed by atoms with Crippen molar-refractivity contribution in [3.8, 4) is 0 Å². The van der Waals surface area contributed by atoms with E-state index in [1.165, 1.54) is 11.3 Å². The number of carbonyl (C=O) groups is 2. The van der Waals surface area contributed by atoms with E-state index in [0.29, 0.717) is 12.5 Å². The summed E-state index contributed by atoms with van der Waals surface area (Å²) in [5.74, 6) is -1.07. The standard InChI is InChI=1S/C23H21N3O3S/c27-21(13-17(14-22(28)29)20-11-6-12-30-20)25-23-24-18-9-4-5-10-19(18)26(23)15-16-7-2-1-3-8-16/h1-12,17H,13-15H2,(H,28,29)(H,24,25,27). The van der Waals surface area contributed by atoms with Gasteiger partial charge in [-0.25, -0.2) is 4.98 Å². The lowest BCUT2D eigenvalue weighted by Gasteiger charge is -2.14. The molecule has 1 unspecified atom stereocenters. The van der Waals surface area contributed by atoms with Crippen LogP contribution in [0.15, 0.2) is 72.1 Å². The molecule has 30 heavy (non-hydrogen) atoms. The van der Waals surface area contributed by atoms with Crippen molar-refractivity contribution in [3.05, 3.63) is 82.6 Å². The van der Waals surface area contributed by atoms with Crippen LogP contribution in [-0.4, -0.2) is 26.5 Å². The third kappa shape index (κ3) is 4.58. The van der Waals surface area contributed by atoms with E-state index in [9.17, 15) is 14.7 Å². The van der Waals surface area contributed by atoms with Crippen LogP contribution in [0.2, 0.25) is 0 Å². The van der Waals surface area contributed by atoms with Crippen molar-refractivity contribution >= 4 is 40.2 Å². The summed E-state index contributed by atoms with van der Waals surface area (Å²) >= 11 is 1.47. The van der Waals surface area contributed by atoms with E-state index in [2.05, 4.69) is 10.3 Å². The molecule has 4 aromatic rings. The summed E-state index contributed by atoms with van der Waals surface area (Å²) in [6, 6.07) is 21.4. The summed E-state index contributed by atoms with van der Waals surface area (Å²) < 4.78 is 1.97. The molecule has 4 rings (SSSR count). The number of carboxylic acids is 1. The van der Waals surface area contributed by atoms with E-state index in [1.807, 2.05) is 76.7 Å². The van der Waals surface area contributed by atoms with E-state index in [4.69, 9.17) is 0 Å². The third-order valence-electron chi connectivity index (χ3n) is 4.89. The fourth-order valence-corrected chi connectivity index (χ4v) is 4.33. The highest BCUT2D eigenvalue weighted by atomic mass is 32.1. The second-order valence-corrected chi connectivity index (χ2v) is 8.04. The molecule has 0 saturated carbocycles. The van der Waals surface area contributed by atoms with Crippen LogP contribution < -0.4 is 5.32 Å². The number of thiophene rings is 1. The molecular formula is C23H21N3O3S. The minimum atomic E-state index is -0.919. The number of benzene rings is 2. The Bertz CT molecular complexity index is 1150. The number of nitrogens with one attached hydrogen (secondary N) is 1. The Kier molecular flexibility index (Phi) is 5.90. The highest BCUT2D eigenvalue weighted by molar-refractivity contribution is 7.10. The molecule has 0 aliphatic rings. The Balaban J connectivity index is 1.59. The monoisotopic (exact) mass is 419 g/mol. The van der Waals surface area contributed by atoms with E-state index in [1.54, 1.807) is 0 Å². The lowest BCUT2D eigenvalue weighted by atomic mass is 9.99. The Morgan fingerprint density at radius 1 is 1.00 bits per heavy atom. The highest BCUT2D eigenvalue weighted by Gasteiger charge is 2.22. The molecule has 2 heterocycles. The van der Waals surface area contributed by atoms with Crippen LogP contribution in [0, 0.1) is 0 Å². The number of amides is 1. The van der Waals surface area contributed by atoms with E-state index < -0.39 is 5.97 Å². The van der Waals surface area contributed by atoms with Gasteiger partial charge in [-0.1, -0.05) is 48.5 Å². The molecule has 2 N–H and O–H groups in total. The van der Waals surface area contributed by atoms with Gasteiger partial charge < -0.3 is 9.67 Å². The number of anilines is 1. The van der Waals surface area contributed by atoms with Crippen molar-refractivity contribution in [2.75, 3.05) is 5.32 Å².